The molecule has 0 aromatic heterocycles. The Balaban J connectivity index is 0.00000363. The van der Waals surface area contributed by atoms with Gasteiger partial charge in [-0.3, -0.25) is 14.1 Å². The predicted octanol–water partition coefficient (Wildman–Crippen LogP) is 3.91. The minimum absolute atomic E-state index is 0. The summed E-state index contributed by atoms with van der Waals surface area (Å²) in [6.07, 6.45) is 2.07. The molecule has 1 heterocycles. The molecule has 1 aliphatic rings. The molecule has 0 spiro atoms. The largest absolute Gasteiger partial charge is 0.357 e. The van der Waals surface area contributed by atoms with Crippen LogP contribution in [-0.4, -0.2) is 53.0 Å². The zero-order valence-electron chi connectivity index (χ0n) is 18.6. The first kappa shape index (κ1) is 26.7. The lowest BCUT2D eigenvalue weighted by Crippen LogP contribution is -2.48. The third-order valence-electron chi connectivity index (χ3n) is 5.35. The van der Waals surface area contributed by atoms with E-state index in [1.807, 2.05) is 42.5 Å². The number of piperidine rings is 1. The van der Waals surface area contributed by atoms with E-state index < -0.39 is 10.8 Å². The van der Waals surface area contributed by atoms with Gasteiger partial charge in [0, 0.05) is 54.5 Å². The van der Waals surface area contributed by atoms with Crippen molar-refractivity contribution in [1.29, 1.82) is 0 Å². The van der Waals surface area contributed by atoms with Crippen LogP contribution in [0.25, 0.3) is 0 Å². The molecule has 1 saturated heterocycles. The van der Waals surface area contributed by atoms with Gasteiger partial charge in [-0.15, -0.1) is 24.0 Å². The number of nitrogens with one attached hydrogen (secondary N) is 2. The predicted molar refractivity (Wildman–Crippen MR) is 142 cm³/mol. The summed E-state index contributed by atoms with van der Waals surface area (Å²) in [5.41, 5.74) is 2.24. The van der Waals surface area contributed by atoms with Gasteiger partial charge in [-0.2, -0.15) is 0 Å². The van der Waals surface area contributed by atoms with Gasteiger partial charge in [-0.05, 0) is 43.0 Å². The van der Waals surface area contributed by atoms with Gasteiger partial charge in [-0.1, -0.05) is 42.5 Å². The fourth-order valence-electron chi connectivity index (χ4n) is 3.69. The molecule has 0 radical (unpaired) electrons. The average Bonchev–Trinajstić information content (AvgIpc) is 2.77. The van der Waals surface area contributed by atoms with Crippen LogP contribution in [0.1, 0.15) is 30.9 Å². The normalized spacial score (nSPS) is 16.2. The van der Waals surface area contributed by atoms with E-state index in [0.29, 0.717) is 24.1 Å². The molecule has 1 unspecified atom stereocenters. The molecular weight excluding hydrogens is 538 g/mol. The Kier molecular flexibility index (Phi) is 12.2. The van der Waals surface area contributed by atoms with Gasteiger partial charge in [0.15, 0.2) is 5.96 Å². The van der Waals surface area contributed by atoms with Crippen molar-refractivity contribution in [1.82, 2.24) is 15.5 Å². The maximum Gasteiger partial charge on any atom is 0.191 e. The summed E-state index contributed by atoms with van der Waals surface area (Å²) < 4.78 is 25.4. The fourth-order valence-corrected chi connectivity index (χ4v) is 4.69. The molecule has 2 N–H and O–H groups in total. The number of likely N-dealkylation sites (tertiary alicyclic amines) is 1. The number of halogens is 2. The zero-order chi connectivity index (χ0) is 21.9. The highest BCUT2D eigenvalue weighted by Crippen LogP contribution is 2.14. The molecule has 1 aliphatic heterocycles. The second-order valence-corrected chi connectivity index (χ2v) is 9.43. The van der Waals surface area contributed by atoms with Gasteiger partial charge >= 0.3 is 0 Å². The lowest BCUT2D eigenvalue weighted by Gasteiger charge is -2.33. The summed E-state index contributed by atoms with van der Waals surface area (Å²) in [7, 11) is -0.917. The molecule has 176 valence electrons. The Bertz CT molecular complexity index is 843. The molecule has 0 amide bonds. The van der Waals surface area contributed by atoms with Gasteiger partial charge in [0.2, 0.25) is 0 Å². The summed E-state index contributed by atoms with van der Waals surface area (Å²) in [5, 5.41) is 6.84. The molecule has 1 atom stereocenters. The van der Waals surface area contributed by atoms with Gasteiger partial charge in [0.1, 0.15) is 5.82 Å². The van der Waals surface area contributed by atoms with E-state index in [9.17, 15) is 8.60 Å². The van der Waals surface area contributed by atoms with Crippen molar-refractivity contribution in [3.8, 4) is 0 Å². The lowest BCUT2D eigenvalue weighted by molar-refractivity contribution is 0.198. The third-order valence-corrected chi connectivity index (χ3v) is 6.64. The Morgan fingerprint density at radius 3 is 2.44 bits per heavy atom. The Labute approximate surface area is 210 Å². The summed E-state index contributed by atoms with van der Waals surface area (Å²) >= 11 is 0. The molecule has 2 aromatic carbocycles. The van der Waals surface area contributed by atoms with Crippen molar-refractivity contribution in [2.75, 3.05) is 31.9 Å². The summed E-state index contributed by atoms with van der Waals surface area (Å²) in [4.78, 5) is 7.04. The molecule has 0 saturated carbocycles. The average molecular weight is 573 g/mol. The molecule has 8 heteroatoms. The first-order chi connectivity index (χ1) is 15.1. The van der Waals surface area contributed by atoms with Gasteiger partial charge in [-0.25, -0.2) is 4.39 Å². The minimum atomic E-state index is -0.917. The highest BCUT2D eigenvalue weighted by molar-refractivity contribution is 14.0. The van der Waals surface area contributed by atoms with Crippen LogP contribution in [0, 0.1) is 5.82 Å². The fraction of sp³-hybridized carbons (Fsp3) is 0.458. The smallest absolute Gasteiger partial charge is 0.191 e. The summed E-state index contributed by atoms with van der Waals surface area (Å²) in [6.45, 7) is 6.23. The zero-order valence-corrected chi connectivity index (χ0v) is 21.8. The van der Waals surface area contributed by atoms with Crippen molar-refractivity contribution in [2.45, 2.75) is 38.1 Å². The first-order valence-electron chi connectivity index (χ1n) is 11.0. The van der Waals surface area contributed by atoms with Crippen LogP contribution >= 0.6 is 24.0 Å². The number of guanidine groups is 1. The van der Waals surface area contributed by atoms with Gasteiger partial charge in [0.05, 0.1) is 6.54 Å². The summed E-state index contributed by atoms with van der Waals surface area (Å²) in [6, 6.07) is 17.1. The van der Waals surface area contributed by atoms with Crippen LogP contribution < -0.4 is 10.6 Å². The third kappa shape index (κ3) is 9.54. The highest BCUT2D eigenvalue weighted by Gasteiger charge is 2.20. The van der Waals surface area contributed by atoms with E-state index in [0.717, 1.165) is 56.1 Å². The maximum absolute atomic E-state index is 13.1. The number of rotatable bonds is 9. The molecule has 1 fully saturated rings. The maximum atomic E-state index is 13.1. The van der Waals surface area contributed by atoms with Crippen LogP contribution in [0.4, 0.5) is 4.39 Å². The monoisotopic (exact) mass is 572 g/mol. The van der Waals surface area contributed by atoms with Crippen LogP contribution in [0.2, 0.25) is 0 Å². The topological polar surface area (TPSA) is 56.7 Å². The molecule has 0 bridgehead atoms. The highest BCUT2D eigenvalue weighted by atomic mass is 127. The number of hydrogen-bond acceptors (Lipinski definition) is 3. The van der Waals surface area contributed by atoms with Crippen molar-refractivity contribution in [2.24, 2.45) is 4.99 Å². The van der Waals surface area contributed by atoms with Crippen molar-refractivity contribution in [3.63, 3.8) is 0 Å². The van der Waals surface area contributed by atoms with Crippen LogP contribution in [0.5, 0.6) is 0 Å². The minimum Gasteiger partial charge on any atom is -0.357 e. The van der Waals surface area contributed by atoms with Crippen LogP contribution in [0.15, 0.2) is 59.6 Å². The molecule has 0 aliphatic carbocycles. The molecule has 3 rings (SSSR count). The quantitative estimate of drug-likeness (QED) is 0.272. The lowest BCUT2D eigenvalue weighted by atomic mass is 10.0. The van der Waals surface area contributed by atoms with E-state index in [-0.39, 0.29) is 29.8 Å². The van der Waals surface area contributed by atoms with E-state index in [2.05, 4.69) is 27.4 Å². The Morgan fingerprint density at radius 2 is 1.78 bits per heavy atom. The van der Waals surface area contributed by atoms with E-state index in [1.54, 1.807) is 0 Å². The Morgan fingerprint density at radius 1 is 1.09 bits per heavy atom. The standard InChI is InChI=1S/C24H33FN4OS.HI/c1-2-26-24(27-14-17-31(30)19-21-6-4-3-5-7-21)28-23-12-15-29(16-13-23)18-20-8-10-22(25)11-9-20;/h3-11,23H,2,12-19H2,1H3,(H2,26,27,28);1H. The van der Waals surface area contributed by atoms with Gasteiger partial charge in [0.25, 0.3) is 0 Å². The number of nitrogens with zero attached hydrogens (tertiary/aromatic N) is 2. The van der Waals surface area contributed by atoms with Crippen LogP contribution in [0.3, 0.4) is 0 Å². The van der Waals surface area contributed by atoms with Crippen molar-refractivity contribution < 1.29 is 8.60 Å². The van der Waals surface area contributed by atoms with E-state index in [1.165, 1.54) is 12.1 Å². The van der Waals surface area contributed by atoms with E-state index >= 15 is 0 Å². The Hall–Kier alpha value is -1.52. The van der Waals surface area contributed by atoms with E-state index in [4.69, 9.17) is 0 Å². The number of hydrogen-bond donors (Lipinski definition) is 2. The van der Waals surface area contributed by atoms with Crippen molar-refractivity contribution in [3.05, 3.63) is 71.5 Å². The SMILES string of the molecule is CCNC(=NCCS(=O)Cc1ccccc1)NC1CCN(Cc2ccc(F)cc2)CC1.I. The first-order valence-corrected chi connectivity index (χ1v) is 12.5. The molecule has 2 aromatic rings. The number of aliphatic imine (C=N–C) groups is 1. The van der Waals surface area contributed by atoms with Crippen LogP contribution in [-0.2, 0) is 23.1 Å². The van der Waals surface area contributed by atoms with Crippen molar-refractivity contribution >= 4 is 40.7 Å². The summed E-state index contributed by atoms with van der Waals surface area (Å²) in [5.74, 6) is 1.75. The molecular formula is C24H34FIN4OS. The molecule has 5 nitrogen and oxygen atoms in total. The van der Waals surface area contributed by atoms with Gasteiger partial charge < -0.3 is 10.6 Å². The number of benzene rings is 2. The second-order valence-electron chi connectivity index (χ2n) is 7.86. The molecule has 32 heavy (non-hydrogen) atoms. The second kappa shape index (κ2) is 14.6.